The maximum absolute atomic E-state index is 11.2. The van der Waals surface area contributed by atoms with Crippen molar-refractivity contribution in [3.8, 4) is 22.5 Å². The number of aromatic carboxylic acids is 1. The lowest BCUT2D eigenvalue weighted by Crippen LogP contribution is -2.23. The molecule has 232 valence electrons. The van der Waals surface area contributed by atoms with E-state index in [1.807, 2.05) is 47.6 Å². The fraction of sp³-hybridized carbons (Fsp3) is 0.387. The van der Waals surface area contributed by atoms with Crippen molar-refractivity contribution in [3.63, 3.8) is 0 Å². The highest BCUT2D eigenvalue weighted by Gasteiger charge is 2.19. The van der Waals surface area contributed by atoms with Gasteiger partial charge in [-0.3, -0.25) is 0 Å². The number of aliphatic hydroxyl groups is 2. The molecule has 0 saturated heterocycles. The Morgan fingerprint density at radius 3 is 1.72 bits per heavy atom. The zero-order valence-electron chi connectivity index (χ0n) is 25.1. The zero-order chi connectivity index (χ0) is 31.1. The lowest BCUT2D eigenvalue weighted by molar-refractivity contribution is 0.0690. The van der Waals surface area contributed by atoms with Crippen LogP contribution in [-0.2, 0) is 0 Å². The summed E-state index contributed by atoms with van der Waals surface area (Å²) in [5.74, 6) is 0.0502. The first-order valence-electron chi connectivity index (χ1n) is 13.7. The smallest absolute Gasteiger partial charge is 0.352 e. The molecule has 0 aromatic carbocycles. The summed E-state index contributed by atoms with van der Waals surface area (Å²) in [5, 5.41) is 34.3. The van der Waals surface area contributed by atoms with Gasteiger partial charge >= 0.3 is 5.97 Å². The monoisotopic (exact) mass is 592 g/mol. The SMILES string of the molecule is C.C=C(O)c1[nH]c(C)c(-c2ccnc(N[C@@H](CC)CO)n2)c1C.Cc1[nH]c(C(=O)O)c(C)c1-c1ccnc(NC(C)C)n1. The van der Waals surface area contributed by atoms with Gasteiger partial charge in [0.15, 0.2) is 0 Å². The van der Waals surface area contributed by atoms with Crippen molar-refractivity contribution in [1.82, 2.24) is 29.9 Å². The number of aromatic nitrogens is 6. The number of rotatable bonds is 10. The number of nitrogens with zero attached hydrogens (tertiary/aromatic N) is 4. The number of carboxylic acid groups (broad SMARTS) is 1. The van der Waals surface area contributed by atoms with Crippen LogP contribution in [0.3, 0.4) is 0 Å². The van der Waals surface area contributed by atoms with Crippen LogP contribution >= 0.6 is 0 Å². The molecule has 0 aliphatic rings. The van der Waals surface area contributed by atoms with Crippen LogP contribution in [0.2, 0.25) is 0 Å². The molecule has 0 aliphatic carbocycles. The van der Waals surface area contributed by atoms with E-state index in [-0.39, 0.29) is 37.6 Å². The minimum absolute atomic E-state index is 0. The predicted molar refractivity (Wildman–Crippen MR) is 171 cm³/mol. The lowest BCUT2D eigenvalue weighted by Gasteiger charge is -2.14. The van der Waals surface area contributed by atoms with E-state index >= 15 is 0 Å². The molecule has 0 aliphatic heterocycles. The largest absolute Gasteiger partial charge is 0.506 e. The number of nitrogens with one attached hydrogen (secondary N) is 4. The number of aryl methyl sites for hydroxylation is 2. The maximum Gasteiger partial charge on any atom is 0.352 e. The fourth-order valence-electron chi connectivity index (χ4n) is 4.62. The third-order valence-corrected chi connectivity index (χ3v) is 6.67. The second-order valence-corrected chi connectivity index (χ2v) is 10.3. The van der Waals surface area contributed by atoms with E-state index in [0.29, 0.717) is 28.8 Å². The third kappa shape index (κ3) is 8.19. The van der Waals surface area contributed by atoms with E-state index in [0.717, 1.165) is 40.2 Å². The molecule has 4 aromatic rings. The minimum atomic E-state index is -0.966. The predicted octanol–water partition coefficient (Wildman–Crippen LogP) is 6.04. The van der Waals surface area contributed by atoms with Gasteiger partial charge in [0.25, 0.3) is 0 Å². The van der Waals surface area contributed by atoms with Crippen molar-refractivity contribution in [1.29, 1.82) is 0 Å². The van der Waals surface area contributed by atoms with Gasteiger partial charge in [0.05, 0.1) is 29.7 Å². The Kier molecular flexibility index (Phi) is 12.0. The summed E-state index contributed by atoms with van der Waals surface area (Å²) in [6.45, 7) is 17.0. The van der Waals surface area contributed by atoms with Crippen molar-refractivity contribution in [2.24, 2.45) is 0 Å². The summed E-state index contributed by atoms with van der Waals surface area (Å²) in [6, 6.07) is 3.75. The quantitative estimate of drug-likeness (QED) is 0.107. The number of aromatic amines is 2. The summed E-state index contributed by atoms with van der Waals surface area (Å²) in [5.41, 5.74) is 7.29. The first-order valence-corrected chi connectivity index (χ1v) is 13.7. The Hall–Kier alpha value is -4.71. The van der Waals surface area contributed by atoms with Gasteiger partial charge < -0.3 is 35.9 Å². The van der Waals surface area contributed by atoms with E-state index in [9.17, 15) is 15.0 Å². The summed E-state index contributed by atoms with van der Waals surface area (Å²) in [6.07, 6.45) is 4.12. The maximum atomic E-state index is 11.2. The Balaban J connectivity index is 0.000000295. The number of carbonyl (C=O) groups is 1. The summed E-state index contributed by atoms with van der Waals surface area (Å²) in [7, 11) is 0. The minimum Gasteiger partial charge on any atom is -0.506 e. The first kappa shape index (κ1) is 34.5. The average molecular weight is 593 g/mol. The Morgan fingerprint density at radius 1 is 0.884 bits per heavy atom. The molecule has 7 N–H and O–H groups in total. The van der Waals surface area contributed by atoms with Crippen LogP contribution in [0, 0.1) is 27.7 Å². The van der Waals surface area contributed by atoms with Crippen LogP contribution < -0.4 is 10.6 Å². The number of aliphatic hydroxyl groups excluding tert-OH is 2. The van der Waals surface area contributed by atoms with E-state index in [1.165, 1.54) is 0 Å². The van der Waals surface area contributed by atoms with E-state index in [2.05, 4.69) is 47.1 Å². The van der Waals surface area contributed by atoms with E-state index < -0.39 is 5.97 Å². The summed E-state index contributed by atoms with van der Waals surface area (Å²) in [4.78, 5) is 34.5. The molecule has 12 heteroatoms. The van der Waals surface area contributed by atoms with Crippen molar-refractivity contribution < 1.29 is 20.1 Å². The van der Waals surface area contributed by atoms with E-state index in [4.69, 9.17) is 5.11 Å². The van der Waals surface area contributed by atoms with Gasteiger partial charge in [0.2, 0.25) is 11.9 Å². The first-order chi connectivity index (χ1) is 19.9. The molecule has 0 unspecified atom stereocenters. The summed E-state index contributed by atoms with van der Waals surface area (Å²) >= 11 is 0. The fourth-order valence-corrected chi connectivity index (χ4v) is 4.62. The highest BCUT2D eigenvalue weighted by Crippen LogP contribution is 2.31. The molecule has 43 heavy (non-hydrogen) atoms. The molecule has 1 atom stereocenters. The van der Waals surface area contributed by atoms with Crippen molar-refractivity contribution >= 4 is 23.6 Å². The van der Waals surface area contributed by atoms with Crippen molar-refractivity contribution in [3.05, 3.63) is 65.0 Å². The molecule has 0 fully saturated rings. The molecule has 4 rings (SSSR count). The van der Waals surface area contributed by atoms with Crippen LogP contribution in [0.1, 0.15) is 73.3 Å². The average Bonchev–Trinajstić information content (AvgIpc) is 3.41. The van der Waals surface area contributed by atoms with Gasteiger partial charge in [-0.2, -0.15) is 0 Å². The zero-order valence-corrected chi connectivity index (χ0v) is 25.1. The van der Waals surface area contributed by atoms with Crippen molar-refractivity contribution in [2.75, 3.05) is 17.2 Å². The van der Waals surface area contributed by atoms with Crippen LogP contribution in [-0.4, -0.2) is 69.9 Å². The van der Waals surface area contributed by atoms with Crippen molar-refractivity contribution in [2.45, 2.75) is 74.4 Å². The van der Waals surface area contributed by atoms with Gasteiger partial charge in [0.1, 0.15) is 11.5 Å². The summed E-state index contributed by atoms with van der Waals surface area (Å²) < 4.78 is 0. The second kappa shape index (κ2) is 15.0. The van der Waals surface area contributed by atoms with Crippen LogP contribution in [0.4, 0.5) is 11.9 Å². The Labute approximate surface area is 252 Å². The topological polar surface area (TPSA) is 185 Å². The Bertz CT molecular complexity index is 1550. The molecule has 0 radical (unpaired) electrons. The van der Waals surface area contributed by atoms with Crippen LogP contribution in [0.5, 0.6) is 0 Å². The molecule has 4 aromatic heterocycles. The molecule has 12 nitrogen and oxygen atoms in total. The molecule has 0 spiro atoms. The van der Waals surface area contributed by atoms with E-state index in [1.54, 1.807) is 25.4 Å². The van der Waals surface area contributed by atoms with Gasteiger partial charge in [-0.15, -0.1) is 0 Å². The number of carboxylic acids is 1. The number of hydrogen-bond donors (Lipinski definition) is 7. The molecule has 0 bridgehead atoms. The van der Waals surface area contributed by atoms with Gasteiger partial charge in [-0.1, -0.05) is 20.9 Å². The number of anilines is 2. The number of H-pyrrole nitrogens is 2. The standard InChI is InChI=1S/C16H22N4O2.C14H18N4O2.CH4/c1-5-12(8-21)19-16-17-7-6-13(20-16)14-9(2)15(11(4)22)18-10(14)3;1-7(2)16-14-15-6-5-10(18-14)11-8(3)12(13(19)20)17-9(11)4;/h6-7,12,18,21-22H,4-5,8H2,1-3H3,(H,17,19,20);5-7,17H,1-4H3,(H,19,20)(H,15,16,18);1H4/t12-;;/m0../s1. The molecular weight excluding hydrogens is 548 g/mol. The third-order valence-electron chi connectivity index (χ3n) is 6.67. The van der Waals surface area contributed by atoms with Crippen LogP contribution in [0.15, 0.2) is 31.1 Å². The molecule has 0 saturated carbocycles. The second-order valence-electron chi connectivity index (χ2n) is 10.3. The Morgan fingerprint density at radius 2 is 1.35 bits per heavy atom. The highest BCUT2D eigenvalue weighted by atomic mass is 16.4. The normalized spacial score (nSPS) is 11.3. The van der Waals surface area contributed by atoms with Gasteiger partial charge in [0, 0.05) is 41.0 Å². The molecule has 0 amide bonds. The van der Waals surface area contributed by atoms with Gasteiger partial charge in [-0.05, 0) is 71.2 Å². The number of hydrogen-bond acceptors (Lipinski definition) is 9. The highest BCUT2D eigenvalue weighted by molar-refractivity contribution is 5.91. The van der Waals surface area contributed by atoms with Crippen LogP contribution in [0.25, 0.3) is 28.3 Å². The molecular formula is C31H44N8O4. The lowest BCUT2D eigenvalue weighted by atomic mass is 10.1. The molecule has 4 heterocycles. The van der Waals surface area contributed by atoms with Gasteiger partial charge in [-0.25, -0.2) is 24.7 Å².